The maximum absolute atomic E-state index is 13.8. The minimum Gasteiger partial charge on any atom is -0.618 e. The van der Waals surface area contributed by atoms with Crippen molar-refractivity contribution in [1.29, 1.82) is 0 Å². The maximum Gasteiger partial charge on any atom is 0.274 e. The zero-order valence-electron chi connectivity index (χ0n) is 19.7. The third-order valence-electron chi connectivity index (χ3n) is 7.52. The number of rotatable bonds is 0. The van der Waals surface area contributed by atoms with Gasteiger partial charge in [-0.15, -0.1) is 0 Å². The van der Waals surface area contributed by atoms with Gasteiger partial charge < -0.3 is 24.9 Å². The smallest absolute Gasteiger partial charge is 0.274 e. The van der Waals surface area contributed by atoms with Crippen LogP contribution >= 0.6 is 0 Å². The molecule has 0 radical (unpaired) electrons. The number of amides is 2. The molecule has 1 N–H and O–H groups in total. The summed E-state index contributed by atoms with van der Waals surface area (Å²) in [5.74, 6) is 0.0630. The zero-order chi connectivity index (χ0) is 24.2. The molecule has 1 aromatic carbocycles. The molecule has 0 saturated carbocycles. The van der Waals surface area contributed by atoms with Gasteiger partial charge in [-0.3, -0.25) is 9.59 Å². The molecule has 2 unspecified atom stereocenters. The summed E-state index contributed by atoms with van der Waals surface area (Å²) in [4.78, 5) is 29.6. The average Bonchev–Trinajstić information content (AvgIpc) is 3.32. The Labute approximate surface area is 197 Å². The van der Waals surface area contributed by atoms with Gasteiger partial charge in [-0.1, -0.05) is 12.2 Å². The standard InChI is InChI=1S/C26H27N3O5/c1-24(2)11-13-28-18(22(31)27-12-5-6-17(27)21(28)30)14-26(32)16-7-8-19-15(9-10-25(3,4)34-19)20(16)29(33)23(24)26/h6-11,13,18,32H,5,12,14H2,1-4H3/b13-11-. The molecule has 8 heteroatoms. The first-order valence-electron chi connectivity index (χ1n) is 11.6. The molecule has 0 bridgehead atoms. The van der Waals surface area contributed by atoms with Crippen LogP contribution in [-0.4, -0.2) is 55.4 Å². The van der Waals surface area contributed by atoms with Gasteiger partial charge in [0.05, 0.1) is 16.5 Å². The van der Waals surface area contributed by atoms with Crippen molar-refractivity contribution in [2.24, 2.45) is 5.41 Å². The Morgan fingerprint density at radius 2 is 1.94 bits per heavy atom. The summed E-state index contributed by atoms with van der Waals surface area (Å²) in [5, 5.41) is 26.1. The van der Waals surface area contributed by atoms with Crippen LogP contribution in [0.4, 0.5) is 5.69 Å². The summed E-state index contributed by atoms with van der Waals surface area (Å²) in [6.45, 7) is 7.98. The molecule has 5 aliphatic rings. The lowest BCUT2D eigenvalue weighted by Gasteiger charge is -2.43. The second-order valence-electron chi connectivity index (χ2n) is 10.8. The minimum absolute atomic E-state index is 0.106. The molecule has 5 heterocycles. The lowest BCUT2D eigenvalue weighted by molar-refractivity contribution is -0.364. The zero-order valence-corrected chi connectivity index (χ0v) is 19.7. The Morgan fingerprint density at radius 1 is 1.18 bits per heavy atom. The van der Waals surface area contributed by atoms with E-state index < -0.39 is 22.7 Å². The minimum atomic E-state index is -1.74. The highest BCUT2D eigenvalue weighted by molar-refractivity contribution is 6.07. The summed E-state index contributed by atoms with van der Waals surface area (Å²) in [6, 6.07) is 2.56. The van der Waals surface area contributed by atoms with E-state index in [1.54, 1.807) is 30.5 Å². The van der Waals surface area contributed by atoms with Crippen LogP contribution in [0.15, 0.2) is 42.3 Å². The van der Waals surface area contributed by atoms with Crippen LogP contribution in [0.5, 0.6) is 5.75 Å². The molecule has 0 aliphatic carbocycles. The summed E-state index contributed by atoms with van der Waals surface area (Å²) in [7, 11) is 0. The van der Waals surface area contributed by atoms with Crippen LogP contribution < -0.4 is 4.74 Å². The molecule has 6 rings (SSSR count). The predicted molar refractivity (Wildman–Crippen MR) is 125 cm³/mol. The van der Waals surface area contributed by atoms with Crippen LogP contribution in [0.25, 0.3) is 6.08 Å². The highest BCUT2D eigenvalue weighted by Gasteiger charge is 2.60. The van der Waals surface area contributed by atoms with E-state index in [0.29, 0.717) is 41.2 Å². The Balaban J connectivity index is 1.56. The maximum atomic E-state index is 13.8. The van der Waals surface area contributed by atoms with Crippen LogP contribution in [0.2, 0.25) is 0 Å². The van der Waals surface area contributed by atoms with Gasteiger partial charge >= 0.3 is 0 Å². The predicted octanol–water partition coefficient (Wildman–Crippen LogP) is 2.93. The fourth-order valence-corrected chi connectivity index (χ4v) is 5.95. The van der Waals surface area contributed by atoms with Crippen molar-refractivity contribution in [2.75, 3.05) is 6.54 Å². The molecule has 0 aromatic heterocycles. The van der Waals surface area contributed by atoms with Gasteiger partial charge in [-0.25, -0.2) is 0 Å². The summed E-state index contributed by atoms with van der Waals surface area (Å²) in [6.07, 6.45) is 9.37. The third kappa shape index (κ3) is 2.60. The second kappa shape index (κ2) is 6.39. The van der Waals surface area contributed by atoms with Gasteiger partial charge in [-0.05, 0) is 58.4 Å². The van der Waals surface area contributed by atoms with Crippen molar-refractivity contribution < 1.29 is 24.2 Å². The fraction of sp³-hybridized carbons (Fsp3) is 0.423. The van der Waals surface area contributed by atoms with E-state index in [0.717, 1.165) is 4.74 Å². The number of nitrogens with zero attached hydrogens (tertiary/aromatic N) is 3. The monoisotopic (exact) mass is 461 g/mol. The van der Waals surface area contributed by atoms with E-state index in [9.17, 15) is 19.9 Å². The van der Waals surface area contributed by atoms with Crippen molar-refractivity contribution in [2.45, 2.75) is 57.8 Å². The van der Waals surface area contributed by atoms with Crippen molar-refractivity contribution in [1.82, 2.24) is 9.80 Å². The number of piperazine rings is 1. The molecular formula is C26H27N3O5. The van der Waals surface area contributed by atoms with E-state index >= 15 is 0 Å². The first-order valence-corrected chi connectivity index (χ1v) is 11.6. The molecular weight excluding hydrogens is 434 g/mol. The number of allylic oxidation sites excluding steroid dienone is 1. The van der Waals surface area contributed by atoms with Gasteiger partial charge in [0.25, 0.3) is 5.91 Å². The molecule has 176 valence electrons. The molecule has 0 spiro atoms. The van der Waals surface area contributed by atoms with Crippen molar-refractivity contribution in [3.8, 4) is 5.75 Å². The quantitative estimate of drug-likeness (QED) is 0.473. The molecule has 2 amide bonds. The Hall–Kier alpha value is -3.39. The van der Waals surface area contributed by atoms with Gasteiger partial charge in [0.1, 0.15) is 23.1 Å². The van der Waals surface area contributed by atoms with E-state index in [4.69, 9.17) is 4.74 Å². The van der Waals surface area contributed by atoms with E-state index in [-0.39, 0.29) is 23.9 Å². The van der Waals surface area contributed by atoms with Gasteiger partial charge in [0.2, 0.25) is 17.3 Å². The molecule has 2 atom stereocenters. The third-order valence-corrected chi connectivity index (χ3v) is 7.52. The number of aliphatic hydroxyl groups is 1. The summed E-state index contributed by atoms with van der Waals surface area (Å²) < 4.78 is 6.87. The van der Waals surface area contributed by atoms with Crippen molar-refractivity contribution in [3.63, 3.8) is 0 Å². The molecule has 8 nitrogen and oxygen atoms in total. The second-order valence-corrected chi connectivity index (χ2v) is 10.8. The van der Waals surface area contributed by atoms with Crippen LogP contribution in [0.1, 0.15) is 51.7 Å². The van der Waals surface area contributed by atoms with Gasteiger partial charge in [-0.2, -0.15) is 4.74 Å². The number of carbonyl (C=O) groups is 2. The topological polar surface area (TPSA) is 96.2 Å². The Kier molecular flexibility index (Phi) is 3.97. The van der Waals surface area contributed by atoms with Gasteiger partial charge in [0.15, 0.2) is 5.60 Å². The lowest BCUT2D eigenvalue weighted by atomic mass is 9.71. The SMILES string of the molecule is CC1(C)C=Cc2c(ccc3c2[N+]([O-])=C2C(C)(C)/C=C\N4C(=O)C5=CCCN5C(=O)C4CC23O)O1. The lowest BCUT2D eigenvalue weighted by Crippen LogP contribution is -2.60. The molecule has 1 aromatic rings. The highest BCUT2D eigenvalue weighted by atomic mass is 16.5. The van der Waals surface area contributed by atoms with Gasteiger partial charge in [0, 0.05) is 19.2 Å². The van der Waals surface area contributed by atoms with E-state index in [1.165, 1.54) is 9.80 Å². The largest absolute Gasteiger partial charge is 0.618 e. The van der Waals surface area contributed by atoms with E-state index in [2.05, 4.69) is 0 Å². The summed E-state index contributed by atoms with van der Waals surface area (Å²) in [5.41, 5.74) is -1.16. The number of ether oxygens (including phenoxy) is 1. The fourth-order valence-electron chi connectivity index (χ4n) is 5.95. The molecule has 5 aliphatic heterocycles. The number of benzene rings is 1. The van der Waals surface area contributed by atoms with Crippen LogP contribution in [-0.2, 0) is 15.2 Å². The highest BCUT2D eigenvalue weighted by Crippen LogP contribution is 2.52. The average molecular weight is 462 g/mol. The molecule has 1 fully saturated rings. The van der Waals surface area contributed by atoms with Crippen LogP contribution in [0.3, 0.4) is 0 Å². The van der Waals surface area contributed by atoms with E-state index in [1.807, 2.05) is 39.8 Å². The molecule has 1 saturated heterocycles. The first-order chi connectivity index (χ1) is 15.9. The first kappa shape index (κ1) is 21.2. The molecule has 34 heavy (non-hydrogen) atoms. The number of hydrogen-bond acceptors (Lipinski definition) is 5. The Morgan fingerprint density at radius 3 is 2.71 bits per heavy atom. The van der Waals surface area contributed by atoms with Crippen LogP contribution in [0, 0.1) is 10.6 Å². The number of hydrogen-bond donors (Lipinski definition) is 1. The number of carbonyl (C=O) groups excluding carboxylic acids is 2. The van der Waals surface area contributed by atoms with Crippen molar-refractivity contribution >= 4 is 29.3 Å². The Bertz CT molecular complexity index is 1300. The normalized spacial score (nSPS) is 31.0. The van der Waals surface area contributed by atoms with Crippen molar-refractivity contribution in [3.05, 3.63) is 58.6 Å². The number of fused-ring (bicyclic) bond motifs is 7. The summed E-state index contributed by atoms with van der Waals surface area (Å²) >= 11 is 0.